The van der Waals surface area contributed by atoms with Crippen molar-refractivity contribution >= 4 is 22.5 Å². The van der Waals surface area contributed by atoms with E-state index in [9.17, 15) is 9.59 Å². The second-order valence-electron chi connectivity index (χ2n) is 11.0. The van der Waals surface area contributed by atoms with Crippen molar-refractivity contribution < 1.29 is 19.1 Å². The number of carbonyl (C=O) groups is 2. The molecular weight excluding hydrogens is 440 g/mol. The van der Waals surface area contributed by atoms with Gasteiger partial charge in [0.15, 0.2) is 5.78 Å². The quantitative estimate of drug-likeness (QED) is 0.657. The van der Waals surface area contributed by atoms with Gasteiger partial charge in [-0.1, -0.05) is 19.1 Å². The van der Waals surface area contributed by atoms with Crippen LogP contribution in [0.2, 0.25) is 0 Å². The Balaban J connectivity index is 1.38. The van der Waals surface area contributed by atoms with Crippen molar-refractivity contribution in [3.05, 3.63) is 65.2 Å². The van der Waals surface area contributed by atoms with E-state index in [1.807, 2.05) is 12.3 Å². The maximum Gasteiger partial charge on any atom is 0.302 e. The Hall–Kier alpha value is -2.99. The summed E-state index contributed by atoms with van der Waals surface area (Å²) in [5, 5.41) is 2.24. The second kappa shape index (κ2) is 8.30. The first-order valence-corrected chi connectivity index (χ1v) is 12.7. The third kappa shape index (κ3) is 3.61. The minimum absolute atomic E-state index is 0.0614. The maximum absolute atomic E-state index is 12.8. The van der Waals surface area contributed by atoms with E-state index in [1.54, 1.807) is 6.20 Å². The van der Waals surface area contributed by atoms with Crippen LogP contribution in [0.1, 0.15) is 57.4 Å². The number of aromatic nitrogens is 1. The number of ketones is 1. The molecule has 6 atom stereocenters. The number of nitrogens with two attached hydrogens (primary N) is 1. The summed E-state index contributed by atoms with van der Waals surface area (Å²) in [5.41, 5.74) is 8.94. The molecule has 2 heterocycles. The molecule has 0 radical (unpaired) electrons. The molecule has 1 aliphatic heterocycles. The molecule has 2 saturated carbocycles. The van der Waals surface area contributed by atoms with Crippen LogP contribution in [0.15, 0.2) is 59.6 Å². The Morgan fingerprint density at radius 3 is 2.91 bits per heavy atom. The highest BCUT2D eigenvalue weighted by Crippen LogP contribution is 2.62. The normalized spacial score (nSPS) is 34.0. The third-order valence-corrected chi connectivity index (χ3v) is 8.92. The van der Waals surface area contributed by atoms with Gasteiger partial charge in [-0.15, -0.1) is 0 Å². The number of benzene rings is 1. The minimum atomic E-state index is -0.251. The van der Waals surface area contributed by atoms with Gasteiger partial charge in [0.2, 0.25) is 0 Å². The lowest BCUT2D eigenvalue weighted by Crippen LogP contribution is -2.44. The summed E-state index contributed by atoms with van der Waals surface area (Å²) < 4.78 is 12.6. The van der Waals surface area contributed by atoms with E-state index in [0.717, 1.165) is 47.8 Å². The number of hydrogen-bond donors (Lipinski definition) is 1. The topological polar surface area (TPSA) is 91.5 Å². The van der Waals surface area contributed by atoms with Gasteiger partial charge < -0.3 is 15.2 Å². The molecule has 6 rings (SSSR count). The number of pyridine rings is 1. The van der Waals surface area contributed by atoms with E-state index in [1.165, 1.54) is 18.1 Å². The van der Waals surface area contributed by atoms with Crippen molar-refractivity contribution in [3.63, 3.8) is 0 Å². The number of carbonyl (C=O) groups excluding carboxylic acids is 2. The van der Waals surface area contributed by atoms with Crippen molar-refractivity contribution in [1.29, 1.82) is 0 Å². The Morgan fingerprint density at radius 2 is 2.11 bits per heavy atom. The van der Waals surface area contributed by atoms with E-state index in [2.05, 4.69) is 36.2 Å². The number of fused-ring (bicyclic) bond motifs is 4. The molecule has 0 amide bonds. The zero-order valence-corrected chi connectivity index (χ0v) is 20.3. The molecule has 2 unspecified atom stereocenters. The summed E-state index contributed by atoms with van der Waals surface area (Å²) in [6.45, 7) is 4.31. The number of nitrogens with zero attached hydrogens (tertiary/aromatic N) is 1. The van der Waals surface area contributed by atoms with Crippen LogP contribution in [0.4, 0.5) is 0 Å². The Kier molecular flexibility index (Phi) is 5.33. The lowest BCUT2D eigenvalue weighted by atomic mass is 9.61. The van der Waals surface area contributed by atoms with Crippen molar-refractivity contribution in [1.82, 2.24) is 4.98 Å². The van der Waals surface area contributed by atoms with Crippen LogP contribution in [0.5, 0.6) is 0 Å². The van der Waals surface area contributed by atoms with Crippen LogP contribution in [0.3, 0.4) is 0 Å². The SMILES string of the molecule is CC(=O)OC1C[C@H]2[C@@H]3OC4=C(C=C3CC[C@]2(C)[C@H]1c1ccc2ccncc2c1)C(=O)CC(CN)C4. The molecule has 35 heavy (non-hydrogen) atoms. The van der Waals surface area contributed by atoms with Gasteiger partial charge in [0, 0.05) is 49.4 Å². The predicted molar refractivity (Wildman–Crippen MR) is 132 cm³/mol. The van der Waals surface area contributed by atoms with E-state index in [-0.39, 0.29) is 47.1 Å². The Bertz CT molecular complexity index is 1280. The van der Waals surface area contributed by atoms with E-state index in [4.69, 9.17) is 15.2 Å². The van der Waals surface area contributed by atoms with Crippen LogP contribution in [-0.2, 0) is 19.1 Å². The first-order valence-electron chi connectivity index (χ1n) is 12.7. The highest BCUT2D eigenvalue weighted by Gasteiger charge is 2.60. The third-order valence-electron chi connectivity index (χ3n) is 8.92. The Morgan fingerprint density at radius 1 is 1.26 bits per heavy atom. The largest absolute Gasteiger partial charge is 0.489 e. The lowest BCUT2D eigenvalue weighted by molar-refractivity contribution is -0.147. The van der Waals surface area contributed by atoms with Gasteiger partial charge >= 0.3 is 5.97 Å². The van der Waals surface area contributed by atoms with Crippen LogP contribution in [0, 0.1) is 17.3 Å². The smallest absolute Gasteiger partial charge is 0.302 e. The predicted octanol–water partition coefficient (Wildman–Crippen LogP) is 4.59. The van der Waals surface area contributed by atoms with Crippen LogP contribution in [0.25, 0.3) is 10.8 Å². The number of allylic oxidation sites excluding steroid dienone is 3. The molecule has 182 valence electrons. The molecule has 3 aliphatic carbocycles. The summed E-state index contributed by atoms with van der Waals surface area (Å²) >= 11 is 0. The molecule has 1 aromatic heterocycles. The summed E-state index contributed by atoms with van der Waals surface area (Å²) in [6, 6.07) is 8.53. The van der Waals surface area contributed by atoms with Gasteiger partial charge in [0.25, 0.3) is 0 Å². The molecule has 6 nitrogen and oxygen atoms in total. The van der Waals surface area contributed by atoms with E-state index < -0.39 is 0 Å². The van der Waals surface area contributed by atoms with Gasteiger partial charge in [0.1, 0.15) is 18.0 Å². The lowest BCUT2D eigenvalue weighted by Gasteiger charge is -2.48. The van der Waals surface area contributed by atoms with Gasteiger partial charge in [-0.2, -0.15) is 0 Å². The first-order chi connectivity index (χ1) is 16.9. The summed E-state index contributed by atoms with van der Waals surface area (Å²) in [4.78, 5) is 29.2. The van der Waals surface area contributed by atoms with Gasteiger partial charge in [-0.25, -0.2) is 0 Å². The van der Waals surface area contributed by atoms with Crippen LogP contribution in [-0.4, -0.2) is 35.5 Å². The van der Waals surface area contributed by atoms with Gasteiger partial charge in [-0.3, -0.25) is 14.6 Å². The molecule has 0 bridgehead atoms. The molecule has 0 spiro atoms. The average molecular weight is 473 g/mol. The number of ether oxygens (including phenoxy) is 2. The number of hydrogen-bond acceptors (Lipinski definition) is 6. The standard InChI is InChI=1S/C29H32N2O4/c1-16(32)34-26-13-23-28-20(12-22-24(33)9-17(14-30)10-25(22)35-28)5-7-29(23,2)27(26)19-4-3-18-6-8-31-15-21(18)11-19/h3-4,6,8,11-12,15,17,23,26-28H,5,7,9-10,13-14,30H2,1-2H3/t17?,23-,26?,27-,28+,29-/m0/s1. The highest BCUT2D eigenvalue weighted by atomic mass is 16.5. The first kappa shape index (κ1) is 22.5. The highest BCUT2D eigenvalue weighted by molar-refractivity contribution is 6.00. The van der Waals surface area contributed by atoms with Crippen molar-refractivity contribution in [2.45, 2.75) is 64.1 Å². The van der Waals surface area contributed by atoms with E-state index >= 15 is 0 Å². The monoisotopic (exact) mass is 472 g/mol. The zero-order chi connectivity index (χ0) is 24.3. The van der Waals surface area contributed by atoms with Crippen molar-refractivity contribution in [2.75, 3.05) is 6.54 Å². The van der Waals surface area contributed by atoms with Crippen molar-refractivity contribution in [3.8, 4) is 0 Å². The molecule has 2 fully saturated rings. The fraction of sp³-hybridized carbons (Fsp3) is 0.483. The molecule has 4 aliphatic rings. The summed E-state index contributed by atoms with van der Waals surface area (Å²) in [6.07, 6.45) is 9.28. The van der Waals surface area contributed by atoms with Crippen molar-refractivity contribution in [2.24, 2.45) is 23.0 Å². The fourth-order valence-electron chi connectivity index (χ4n) is 7.22. The van der Waals surface area contributed by atoms with Crippen LogP contribution < -0.4 is 5.73 Å². The molecule has 1 aromatic carbocycles. The van der Waals surface area contributed by atoms with Crippen LogP contribution >= 0.6 is 0 Å². The fourth-order valence-corrected chi connectivity index (χ4v) is 7.22. The van der Waals surface area contributed by atoms with E-state index in [0.29, 0.717) is 13.0 Å². The molecule has 0 saturated heterocycles. The number of Topliss-reactive ketones (excluding diaryl/α,β-unsaturated/α-hetero) is 1. The van der Waals surface area contributed by atoms with Gasteiger partial charge in [0.05, 0.1) is 5.57 Å². The Labute approximate surface area is 205 Å². The summed E-state index contributed by atoms with van der Waals surface area (Å²) in [7, 11) is 0. The average Bonchev–Trinajstić information content (AvgIpc) is 3.14. The number of esters is 1. The summed E-state index contributed by atoms with van der Waals surface area (Å²) in [5.74, 6) is 1.09. The number of rotatable bonds is 3. The second-order valence-corrected chi connectivity index (χ2v) is 11.0. The maximum atomic E-state index is 12.8. The molecule has 6 heteroatoms. The zero-order valence-electron chi connectivity index (χ0n) is 20.3. The van der Waals surface area contributed by atoms with Gasteiger partial charge in [-0.05, 0) is 71.9 Å². The molecular formula is C29H32N2O4. The molecule has 2 N–H and O–H groups in total. The minimum Gasteiger partial charge on any atom is -0.489 e. The molecule has 2 aromatic rings.